The molecule has 0 spiro atoms. The van der Waals surface area contributed by atoms with Gasteiger partial charge in [-0.2, -0.15) is 0 Å². The Morgan fingerprint density at radius 1 is 1.40 bits per heavy atom. The van der Waals surface area contributed by atoms with E-state index in [1.54, 1.807) is 13.2 Å². The summed E-state index contributed by atoms with van der Waals surface area (Å²) < 4.78 is 18.3. The van der Waals surface area contributed by atoms with Crippen LogP contribution in [0.25, 0.3) is 0 Å². The summed E-state index contributed by atoms with van der Waals surface area (Å²) in [5.41, 5.74) is 6.90. The predicted octanol–water partition coefficient (Wildman–Crippen LogP) is 0.577. The van der Waals surface area contributed by atoms with Crippen LogP contribution in [0, 0.1) is 17.7 Å². The SMILES string of the molecule is COCCN(CCO)Cc1ccc(F)cc1C#CCN. The van der Waals surface area contributed by atoms with Crippen molar-refractivity contribution in [1.29, 1.82) is 0 Å². The van der Waals surface area contributed by atoms with E-state index in [0.717, 1.165) is 5.56 Å². The molecule has 0 aromatic heterocycles. The van der Waals surface area contributed by atoms with Crippen molar-refractivity contribution in [3.8, 4) is 11.8 Å². The molecule has 0 bridgehead atoms. The van der Waals surface area contributed by atoms with Crippen molar-refractivity contribution in [3.05, 3.63) is 35.1 Å². The molecule has 110 valence electrons. The maximum Gasteiger partial charge on any atom is 0.124 e. The van der Waals surface area contributed by atoms with Crippen LogP contribution in [-0.2, 0) is 11.3 Å². The fourth-order valence-corrected chi connectivity index (χ4v) is 1.82. The summed E-state index contributed by atoms with van der Waals surface area (Å²) in [6.45, 7) is 2.68. The third-order valence-corrected chi connectivity index (χ3v) is 2.82. The summed E-state index contributed by atoms with van der Waals surface area (Å²) in [6.07, 6.45) is 0. The zero-order valence-electron chi connectivity index (χ0n) is 11.7. The Bertz CT molecular complexity index is 469. The minimum atomic E-state index is -0.319. The van der Waals surface area contributed by atoms with E-state index in [1.165, 1.54) is 12.1 Å². The number of nitrogens with zero attached hydrogens (tertiary/aromatic N) is 1. The number of ether oxygens (including phenoxy) is 1. The van der Waals surface area contributed by atoms with Gasteiger partial charge in [-0.1, -0.05) is 17.9 Å². The molecule has 3 N–H and O–H groups in total. The van der Waals surface area contributed by atoms with Crippen LogP contribution in [0.15, 0.2) is 18.2 Å². The van der Waals surface area contributed by atoms with E-state index >= 15 is 0 Å². The number of hydrogen-bond acceptors (Lipinski definition) is 4. The van der Waals surface area contributed by atoms with Gasteiger partial charge in [-0.05, 0) is 17.7 Å². The lowest BCUT2D eigenvalue weighted by atomic mass is 10.1. The van der Waals surface area contributed by atoms with Gasteiger partial charge in [0.1, 0.15) is 5.82 Å². The molecule has 0 heterocycles. The Labute approximate surface area is 119 Å². The average molecular weight is 280 g/mol. The molecule has 1 aromatic carbocycles. The van der Waals surface area contributed by atoms with E-state index in [4.69, 9.17) is 15.6 Å². The molecule has 0 aliphatic carbocycles. The Hall–Kier alpha value is -1.45. The third-order valence-electron chi connectivity index (χ3n) is 2.82. The van der Waals surface area contributed by atoms with E-state index in [0.29, 0.717) is 31.8 Å². The zero-order chi connectivity index (χ0) is 14.8. The van der Waals surface area contributed by atoms with Crippen LogP contribution in [0.4, 0.5) is 4.39 Å². The Morgan fingerprint density at radius 3 is 2.85 bits per heavy atom. The molecule has 1 aromatic rings. The van der Waals surface area contributed by atoms with Crippen molar-refractivity contribution < 1.29 is 14.2 Å². The molecule has 0 fully saturated rings. The molecule has 0 saturated heterocycles. The molecule has 1 rings (SSSR count). The Morgan fingerprint density at radius 2 is 2.20 bits per heavy atom. The number of nitrogens with two attached hydrogens (primary N) is 1. The van der Waals surface area contributed by atoms with Crippen LogP contribution >= 0.6 is 0 Å². The van der Waals surface area contributed by atoms with E-state index in [-0.39, 0.29) is 19.0 Å². The molecular weight excluding hydrogens is 259 g/mol. The quantitative estimate of drug-likeness (QED) is 0.717. The number of hydrogen-bond donors (Lipinski definition) is 2. The second-order valence-corrected chi connectivity index (χ2v) is 4.30. The van der Waals surface area contributed by atoms with Crippen LogP contribution in [0.2, 0.25) is 0 Å². The maximum atomic E-state index is 13.3. The van der Waals surface area contributed by atoms with Crippen molar-refractivity contribution in [2.45, 2.75) is 6.54 Å². The van der Waals surface area contributed by atoms with Gasteiger partial charge < -0.3 is 15.6 Å². The van der Waals surface area contributed by atoms with Gasteiger partial charge in [0.25, 0.3) is 0 Å². The van der Waals surface area contributed by atoms with Gasteiger partial charge in [-0.15, -0.1) is 0 Å². The molecular formula is C15H21FN2O2. The maximum absolute atomic E-state index is 13.3. The van der Waals surface area contributed by atoms with Crippen molar-refractivity contribution in [1.82, 2.24) is 4.90 Å². The smallest absolute Gasteiger partial charge is 0.124 e. The summed E-state index contributed by atoms with van der Waals surface area (Å²) in [7, 11) is 1.63. The van der Waals surface area contributed by atoms with Crippen molar-refractivity contribution in [2.24, 2.45) is 5.73 Å². The zero-order valence-corrected chi connectivity index (χ0v) is 11.7. The van der Waals surface area contributed by atoms with Crippen LogP contribution in [0.5, 0.6) is 0 Å². The monoisotopic (exact) mass is 280 g/mol. The topological polar surface area (TPSA) is 58.7 Å². The highest BCUT2D eigenvalue weighted by molar-refractivity contribution is 5.41. The summed E-state index contributed by atoms with van der Waals surface area (Å²) in [5, 5.41) is 9.08. The predicted molar refractivity (Wildman–Crippen MR) is 76.6 cm³/mol. The molecule has 5 heteroatoms. The molecule has 0 radical (unpaired) electrons. The minimum Gasteiger partial charge on any atom is -0.395 e. The normalized spacial score (nSPS) is 10.4. The number of benzene rings is 1. The average Bonchev–Trinajstić information content (AvgIpc) is 2.45. The highest BCUT2D eigenvalue weighted by Crippen LogP contribution is 2.13. The molecule has 0 aliphatic heterocycles. The Balaban J connectivity index is 2.87. The number of methoxy groups -OCH3 is 1. The van der Waals surface area contributed by atoms with Gasteiger partial charge in [-0.3, -0.25) is 4.90 Å². The first-order valence-corrected chi connectivity index (χ1v) is 6.50. The lowest BCUT2D eigenvalue weighted by Crippen LogP contribution is -2.30. The highest BCUT2D eigenvalue weighted by atomic mass is 19.1. The first kappa shape index (κ1) is 16.6. The van der Waals surface area contributed by atoms with Gasteiger partial charge in [0.15, 0.2) is 0 Å². The first-order chi connectivity index (χ1) is 9.71. The second kappa shape index (κ2) is 9.45. The van der Waals surface area contributed by atoms with Crippen molar-refractivity contribution in [3.63, 3.8) is 0 Å². The van der Waals surface area contributed by atoms with E-state index in [9.17, 15) is 4.39 Å². The second-order valence-electron chi connectivity index (χ2n) is 4.30. The van der Waals surface area contributed by atoms with Crippen molar-refractivity contribution in [2.75, 3.05) is 40.0 Å². The molecule has 4 nitrogen and oxygen atoms in total. The Kier molecular flexibility index (Phi) is 7.85. The number of rotatable bonds is 7. The largest absolute Gasteiger partial charge is 0.395 e. The summed E-state index contributed by atoms with van der Waals surface area (Å²) >= 11 is 0. The third kappa shape index (κ3) is 5.68. The number of halogens is 1. The molecule has 0 unspecified atom stereocenters. The van der Waals surface area contributed by atoms with Crippen LogP contribution in [0.1, 0.15) is 11.1 Å². The van der Waals surface area contributed by atoms with Gasteiger partial charge in [-0.25, -0.2) is 4.39 Å². The van der Waals surface area contributed by atoms with Crippen molar-refractivity contribution >= 4 is 0 Å². The van der Waals surface area contributed by atoms with E-state index in [2.05, 4.69) is 11.8 Å². The number of aliphatic hydroxyl groups excluding tert-OH is 1. The molecule has 0 atom stereocenters. The standard InChI is InChI=1S/C15H21FN2O2/c1-20-10-8-18(7-9-19)12-14-4-5-15(16)11-13(14)3-2-6-17/h4-5,11,19H,6-10,12,17H2,1H3. The fourth-order valence-electron chi connectivity index (χ4n) is 1.82. The first-order valence-electron chi connectivity index (χ1n) is 6.50. The molecule has 20 heavy (non-hydrogen) atoms. The van der Waals surface area contributed by atoms with E-state index in [1.807, 2.05) is 4.90 Å². The van der Waals surface area contributed by atoms with Gasteiger partial charge in [0.2, 0.25) is 0 Å². The highest BCUT2D eigenvalue weighted by Gasteiger charge is 2.09. The molecule has 0 amide bonds. The van der Waals surface area contributed by atoms with Gasteiger partial charge >= 0.3 is 0 Å². The number of aliphatic hydroxyl groups is 1. The van der Waals surface area contributed by atoms with Crippen LogP contribution in [0.3, 0.4) is 0 Å². The summed E-state index contributed by atoms with van der Waals surface area (Å²) in [5.74, 6) is 5.30. The molecule has 0 saturated carbocycles. The summed E-state index contributed by atoms with van der Waals surface area (Å²) in [4.78, 5) is 2.03. The van der Waals surface area contributed by atoms with Gasteiger partial charge in [0, 0.05) is 32.3 Å². The minimum absolute atomic E-state index is 0.0642. The fraction of sp³-hybridized carbons (Fsp3) is 0.467. The lowest BCUT2D eigenvalue weighted by molar-refractivity contribution is 0.127. The van der Waals surface area contributed by atoms with Crippen LogP contribution < -0.4 is 5.73 Å². The molecule has 0 aliphatic rings. The van der Waals surface area contributed by atoms with E-state index < -0.39 is 0 Å². The van der Waals surface area contributed by atoms with Gasteiger partial charge in [0.05, 0.1) is 19.8 Å². The lowest BCUT2D eigenvalue weighted by Gasteiger charge is -2.21. The summed E-state index contributed by atoms with van der Waals surface area (Å²) in [6, 6.07) is 4.54. The van der Waals surface area contributed by atoms with Crippen LogP contribution in [-0.4, -0.2) is 50.0 Å².